The van der Waals surface area contributed by atoms with Crippen LogP contribution in [-0.2, 0) is 4.79 Å². The Morgan fingerprint density at radius 1 is 1.57 bits per heavy atom. The second-order valence-electron chi connectivity index (χ2n) is 5.84. The maximum Gasteiger partial charge on any atom is 0.323 e. The van der Waals surface area contributed by atoms with E-state index in [0.29, 0.717) is 17.9 Å². The van der Waals surface area contributed by atoms with Crippen LogP contribution in [-0.4, -0.2) is 32.9 Å². The first-order valence-electron chi connectivity index (χ1n) is 7.20. The standard InChI is InChI=1S/C15H21ClN2O2S/c1-10(2)18-15(14(19)20)7-3-4-12(8-15)21-13-6-5-11(16)9-17-13/h5-6,9-10,12,18H,3-4,7-8H2,1-2H3,(H,19,20). The van der Waals surface area contributed by atoms with Crippen molar-refractivity contribution in [2.45, 2.75) is 61.4 Å². The molecule has 0 spiro atoms. The highest BCUT2D eigenvalue weighted by molar-refractivity contribution is 7.99. The summed E-state index contributed by atoms with van der Waals surface area (Å²) >= 11 is 7.49. The molecule has 1 saturated carbocycles. The highest BCUT2D eigenvalue weighted by Crippen LogP contribution is 2.38. The lowest BCUT2D eigenvalue weighted by atomic mass is 9.81. The summed E-state index contributed by atoms with van der Waals surface area (Å²) in [5.74, 6) is -0.745. The highest BCUT2D eigenvalue weighted by Gasteiger charge is 2.43. The van der Waals surface area contributed by atoms with E-state index in [1.54, 1.807) is 18.0 Å². The summed E-state index contributed by atoms with van der Waals surface area (Å²) in [4.78, 5) is 16.0. The van der Waals surface area contributed by atoms with Crippen molar-refractivity contribution < 1.29 is 9.90 Å². The number of carboxylic acids is 1. The molecule has 0 aromatic carbocycles. The lowest BCUT2D eigenvalue weighted by Gasteiger charge is -2.39. The number of carbonyl (C=O) groups is 1. The predicted molar refractivity (Wildman–Crippen MR) is 86.0 cm³/mol. The summed E-state index contributed by atoms with van der Waals surface area (Å²) in [6.07, 6.45) is 4.87. The normalized spacial score (nSPS) is 26.0. The van der Waals surface area contributed by atoms with Gasteiger partial charge in [-0.3, -0.25) is 10.1 Å². The van der Waals surface area contributed by atoms with E-state index in [0.717, 1.165) is 17.9 Å². The van der Waals surface area contributed by atoms with Crippen molar-refractivity contribution in [3.63, 3.8) is 0 Å². The third-order valence-electron chi connectivity index (χ3n) is 3.67. The number of aromatic nitrogens is 1. The predicted octanol–water partition coefficient (Wildman–Crippen LogP) is 3.59. The van der Waals surface area contributed by atoms with Crippen molar-refractivity contribution >= 4 is 29.3 Å². The minimum atomic E-state index is -0.809. The number of hydrogen-bond acceptors (Lipinski definition) is 4. The van der Waals surface area contributed by atoms with E-state index in [2.05, 4.69) is 10.3 Å². The van der Waals surface area contributed by atoms with Gasteiger partial charge in [0.1, 0.15) is 5.54 Å². The van der Waals surface area contributed by atoms with Crippen LogP contribution < -0.4 is 5.32 Å². The Kier molecular flexibility index (Phi) is 5.52. The van der Waals surface area contributed by atoms with Crippen LogP contribution in [0.3, 0.4) is 0 Å². The number of nitrogens with one attached hydrogen (secondary N) is 1. The van der Waals surface area contributed by atoms with Crippen LogP contribution in [0, 0.1) is 0 Å². The van der Waals surface area contributed by atoms with Gasteiger partial charge >= 0.3 is 5.97 Å². The number of hydrogen-bond donors (Lipinski definition) is 2. The fourth-order valence-corrected chi connectivity index (χ4v) is 4.23. The minimum absolute atomic E-state index is 0.151. The molecule has 1 aliphatic rings. The van der Waals surface area contributed by atoms with Gasteiger partial charge in [-0.2, -0.15) is 0 Å². The Morgan fingerprint density at radius 2 is 2.33 bits per heavy atom. The zero-order valence-electron chi connectivity index (χ0n) is 12.3. The molecule has 21 heavy (non-hydrogen) atoms. The largest absolute Gasteiger partial charge is 0.480 e. The molecule has 0 bridgehead atoms. The van der Waals surface area contributed by atoms with E-state index >= 15 is 0 Å². The molecule has 2 N–H and O–H groups in total. The van der Waals surface area contributed by atoms with E-state index in [1.807, 2.05) is 26.0 Å². The van der Waals surface area contributed by atoms with E-state index in [1.165, 1.54) is 0 Å². The summed E-state index contributed by atoms with van der Waals surface area (Å²) < 4.78 is 0. The number of aliphatic carboxylic acids is 1. The summed E-state index contributed by atoms with van der Waals surface area (Å²) in [6.45, 7) is 3.98. The van der Waals surface area contributed by atoms with Gasteiger partial charge < -0.3 is 5.11 Å². The van der Waals surface area contributed by atoms with Crippen LogP contribution in [0.25, 0.3) is 0 Å². The van der Waals surface area contributed by atoms with Crippen LogP contribution >= 0.6 is 23.4 Å². The van der Waals surface area contributed by atoms with Crippen molar-refractivity contribution in [1.29, 1.82) is 0 Å². The molecule has 1 heterocycles. The van der Waals surface area contributed by atoms with Crippen molar-refractivity contribution in [2.75, 3.05) is 0 Å². The zero-order chi connectivity index (χ0) is 15.5. The van der Waals surface area contributed by atoms with E-state index in [4.69, 9.17) is 11.6 Å². The second-order valence-corrected chi connectivity index (χ2v) is 7.59. The summed E-state index contributed by atoms with van der Waals surface area (Å²) in [7, 11) is 0. The molecular weight excluding hydrogens is 308 g/mol. The van der Waals surface area contributed by atoms with E-state index < -0.39 is 11.5 Å². The number of halogens is 1. The monoisotopic (exact) mass is 328 g/mol. The van der Waals surface area contributed by atoms with E-state index in [9.17, 15) is 9.90 Å². The lowest BCUT2D eigenvalue weighted by molar-refractivity contribution is -0.146. The zero-order valence-corrected chi connectivity index (χ0v) is 13.9. The Bertz CT molecular complexity index is 495. The number of thioether (sulfide) groups is 1. The van der Waals surface area contributed by atoms with Crippen LogP contribution in [0.5, 0.6) is 0 Å². The Morgan fingerprint density at radius 3 is 2.90 bits per heavy atom. The average molecular weight is 329 g/mol. The first-order valence-corrected chi connectivity index (χ1v) is 8.46. The van der Waals surface area contributed by atoms with Crippen molar-refractivity contribution in [1.82, 2.24) is 10.3 Å². The van der Waals surface area contributed by atoms with E-state index in [-0.39, 0.29) is 11.3 Å². The minimum Gasteiger partial charge on any atom is -0.480 e. The molecular formula is C15H21ClN2O2S. The molecule has 0 aliphatic heterocycles. The van der Waals surface area contributed by atoms with Gasteiger partial charge in [0.2, 0.25) is 0 Å². The average Bonchev–Trinajstić information content (AvgIpc) is 2.41. The molecule has 1 aromatic rings. The molecule has 1 fully saturated rings. The van der Waals surface area contributed by atoms with Gasteiger partial charge in [0.15, 0.2) is 0 Å². The Balaban J connectivity index is 2.08. The SMILES string of the molecule is CC(C)NC1(C(=O)O)CCCC(Sc2ccc(Cl)cn2)C1. The van der Waals surface area contributed by atoms with Crippen LogP contribution in [0.15, 0.2) is 23.4 Å². The molecule has 2 atom stereocenters. The van der Waals surface area contributed by atoms with Crippen molar-refractivity contribution in [2.24, 2.45) is 0 Å². The van der Waals surface area contributed by atoms with Crippen molar-refractivity contribution in [3.8, 4) is 0 Å². The molecule has 4 nitrogen and oxygen atoms in total. The molecule has 0 saturated heterocycles. The summed E-state index contributed by atoms with van der Waals surface area (Å²) in [5.41, 5.74) is -0.809. The maximum atomic E-state index is 11.7. The van der Waals surface area contributed by atoms with Crippen LogP contribution in [0.2, 0.25) is 5.02 Å². The molecule has 6 heteroatoms. The topological polar surface area (TPSA) is 62.2 Å². The van der Waals surface area contributed by atoms with Gasteiger partial charge in [-0.1, -0.05) is 11.6 Å². The smallest absolute Gasteiger partial charge is 0.323 e. The van der Waals surface area contributed by atoms with Gasteiger partial charge in [-0.15, -0.1) is 11.8 Å². The third kappa shape index (κ3) is 4.34. The number of pyridine rings is 1. The third-order valence-corrected chi connectivity index (χ3v) is 5.11. The molecule has 1 aromatic heterocycles. The number of carboxylic acid groups (broad SMARTS) is 1. The number of rotatable bonds is 5. The molecule has 0 radical (unpaired) electrons. The maximum absolute atomic E-state index is 11.7. The quantitative estimate of drug-likeness (QED) is 0.864. The summed E-state index contributed by atoms with van der Waals surface area (Å²) in [6, 6.07) is 3.86. The first-order chi connectivity index (χ1) is 9.91. The van der Waals surface area contributed by atoms with Crippen molar-refractivity contribution in [3.05, 3.63) is 23.4 Å². The van der Waals surface area contributed by atoms with Gasteiger partial charge in [-0.25, -0.2) is 4.98 Å². The molecule has 1 aliphatic carbocycles. The highest BCUT2D eigenvalue weighted by atomic mass is 35.5. The molecule has 2 unspecified atom stereocenters. The first kappa shape index (κ1) is 16.6. The Labute approximate surface area is 134 Å². The molecule has 116 valence electrons. The fourth-order valence-electron chi connectivity index (χ4n) is 2.87. The van der Waals surface area contributed by atoms with Gasteiger partial charge in [0.25, 0.3) is 0 Å². The summed E-state index contributed by atoms with van der Waals surface area (Å²) in [5, 5.41) is 14.7. The van der Waals surface area contributed by atoms with Crippen LogP contribution in [0.1, 0.15) is 39.5 Å². The van der Waals surface area contributed by atoms with Gasteiger partial charge in [0, 0.05) is 17.5 Å². The Hall–Kier alpha value is -0.780. The fraction of sp³-hybridized carbons (Fsp3) is 0.600. The number of nitrogens with zero attached hydrogens (tertiary/aromatic N) is 1. The molecule has 0 amide bonds. The molecule has 2 rings (SSSR count). The lowest BCUT2D eigenvalue weighted by Crippen LogP contribution is -2.57. The van der Waals surface area contributed by atoms with Crippen LogP contribution in [0.4, 0.5) is 0 Å². The van der Waals surface area contributed by atoms with Gasteiger partial charge in [-0.05, 0) is 51.7 Å². The van der Waals surface area contributed by atoms with Gasteiger partial charge in [0.05, 0.1) is 10.0 Å². The second kappa shape index (κ2) is 6.99.